The van der Waals surface area contributed by atoms with Crippen molar-refractivity contribution in [1.82, 2.24) is 0 Å². The van der Waals surface area contributed by atoms with Crippen molar-refractivity contribution in [2.45, 2.75) is 26.2 Å². The maximum atomic E-state index is 11.6. The topological polar surface area (TPSA) is 74.6 Å². The van der Waals surface area contributed by atoms with E-state index in [1.807, 2.05) is 0 Å². The number of carbonyl (C=O) groups is 2. The molecule has 0 aliphatic heterocycles. The Morgan fingerprint density at radius 3 is 2.44 bits per heavy atom. The van der Waals surface area contributed by atoms with Gasteiger partial charge in [-0.3, -0.25) is 9.59 Å². The molecule has 0 amide bonds. The Balaban J connectivity index is 2.70. The van der Waals surface area contributed by atoms with Crippen molar-refractivity contribution in [2.24, 2.45) is 0 Å². The highest BCUT2D eigenvalue weighted by atomic mass is 16.3. The molecule has 0 saturated heterocycles. The maximum absolute atomic E-state index is 11.6. The molecule has 1 aromatic rings. The summed E-state index contributed by atoms with van der Waals surface area (Å²) in [6, 6.07) is 3.78. The fourth-order valence-corrected chi connectivity index (χ4v) is 1.32. The average molecular weight is 222 g/mol. The minimum Gasteiger partial charge on any atom is -0.508 e. The second-order valence-electron chi connectivity index (χ2n) is 3.52. The third-order valence-corrected chi connectivity index (χ3v) is 2.31. The molecule has 2 N–H and O–H groups in total. The van der Waals surface area contributed by atoms with Gasteiger partial charge in [0.05, 0.1) is 5.56 Å². The van der Waals surface area contributed by atoms with Crippen LogP contribution in [0.5, 0.6) is 11.5 Å². The van der Waals surface area contributed by atoms with Crippen molar-refractivity contribution >= 4 is 11.6 Å². The van der Waals surface area contributed by atoms with E-state index in [9.17, 15) is 14.7 Å². The molecule has 4 nitrogen and oxygen atoms in total. The smallest absolute Gasteiger partial charge is 0.167 e. The summed E-state index contributed by atoms with van der Waals surface area (Å²) in [4.78, 5) is 22.6. The van der Waals surface area contributed by atoms with Gasteiger partial charge < -0.3 is 10.2 Å². The number of hydrogen-bond acceptors (Lipinski definition) is 4. The highest BCUT2D eigenvalue weighted by molar-refractivity contribution is 6.00. The van der Waals surface area contributed by atoms with Gasteiger partial charge in [0.1, 0.15) is 17.3 Å². The van der Waals surface area contributed by atoms with Crippen molar-refractivity contribution < 1.29 is 19.8 Å². The van der Waals surface area contributed by atoms with Gasteiger partial charge in [0.15, 0.2) is 5.78 Å². The summed E-state index contributed by atoms with van der Waals surface area (Å²) < 4.78 is 0. The second kappa shape index (κ2) is 5.30. The molecule has 0 unspecified atom stereocenters. The van der Waals surface area contributed by atoms with Gasteiger partial charge in [-0.05, 0) is 12.1 Å². The first-order valence-corrected chi connectivity index (χ1v) is 5.11. The fourth-order valence-electron chi connectivity index (χ4n) is 1.32. The van der Waals surface area contributed by atoms with Crippen LogP contribution in [0.3, 0.4) is 0 Å². The molecule has 0 aliphatic carbocycles. The SMILES string of the molecule is CCC(=O)CCC(=O)c1ccc(O)cc1O. The van der Waals surface area contributed by atoms with E-state index in [1.165, 1.54) is 12.1 Å². The Labute approximate surface area is 93.5 Å². The molecule has 0 heterocycles. The zero-order valence-corrected chi connectivity index (χ0v) is 9.06. The highest BCUT2D eigenvalue weighted by Crippen LogP contribution is 2.24. The van der Waals surface area contributed by atoms with Crippen LogP contribution in [0.15, 0.2) is 18.2 Å². The Morgan fingerprint density at radius 2 is 1.88 bits per heavy atom. The Kier molecular flexibility index (Phi) is 4.05. The molecule has 16 heavy (non-hydrogen) atoms. The van der Waals surface area contributed by atoms with Crippen LogP contribution in [0, 0.1) is 0 Å². The number of ketones is 2. The maximum Gasteiger partial charge on any atom is 0.167 e. The van der Waals surface area contributed by atoms with Gasteiger partial charge >= 0.3 is 0 Å². The lowest BCUT2D eigenvalue weighted by Gasteiger charge is -2.03. The van der Waals surface area contributed by atoms with Crippen LogP contribution in [0.2, 0.25) is 0 Å². The number of benzene rings is 1. The summed E-state index contributed by atoms with van der Waals surface area (Å²) in [6.07, 6.45) is 0.690. The first-order valence-electron chi connectivity index (χ1n) is 5.11. The normalized spacial score (nSPS) is 10.1. The van der Waals surface area contributed by atoms with Crippen LogP contribution in [-0.2, 0) is 4.79 Å². The van der Waals surface area contributed by atoms with Crippen molar-refractivity contribution in [1.29, 1.82) is 0 Å². The van der Waals surface area contributed by atoms with Crippen molar-refractivity contribution in [2.75, 3.05) is 0 Å². The molecule has 1 aromatic carbocycles. The largest absolute Gasteiger partial charge is 0.508 e. The van der Waals surface area contributed by atoms with Gasteiger partial charge in [-0.15, -0.1) is 0 Å². The molecule has 0 aliphatic rings. The molecule has 4 heteroatoms. The standard InChI is InChI=1S/C12H14O4/c1-2-8(13)4-6-11(15)10-5-3-9(14)7-12(10)16/h3,5,7,14,16H,2,4,6H2,1H3. The van der Waals surface area contributed by atoms with Crippen molar-refractivity contribution in [3.05, 3.63) is 23.8 Å². The summed E-state index contributed by atoms with van der Waals surface area (Å²) in [5.74, 6) is -0.626. The van der Waals surface area contributed by atoms with Gasteiger partial charge in [-0.2, -0.15) is 0 Å². The minimum absolute atomic E-state index is 0.0200. The predicted octanol–water partition coefficient (Wildman–Crippen LogP) is 2.04. The summed E-state index contributed by atoms with van der Waals surface area (Å²) in [6.45, 7) is 1.74. The van der Waals surface area contributed by atoms with Crippen molar-refractivity contribution in [3.63, 3.8) is 0 Å². The molecular weight excluding hydrogens is 208 g/mol. The lowest BCUT2D eigenvalue weighted by atomic mass is 10.0. The molecule has 0 fully saturated rings. The minimum atomic E-state index is -0.292. The van der Waals surface area contributed by atoms with Crippen LogP contribution in [0.4, 0.5) is 0 Å². The van der Waals surface area contributed by atoms with E-state index in [0.717, 1.165) is 6.07 Å². The molecular formula is C12H14O4. The Morgan fingerprint density at radius 1 is 1.19 bits per heavy atom. The number of rotatable bonds is 5. The van der Waals surface area contributed by atoms with Crippen molar-refractivity contribution in [3.8, 4) is 11.5 Å². The molecule has 0 aromatic heterocycles. The monoisotopic (exact) mass is 222 g/mol. The highest BCUT2D eigenvalue weighted by Gasteiger charge is 2.12. The van der Waals surface area contributed by atoms with E-state index < -0.39 is 0 Å². The predicted molar refractivity (Wildman–Crippen MR) is 58.6 cm³/mol. The number of phenolic OH excluding ortho intramolecular Hbond substituents is 2. The zero-order chi connectivity index (χ0) is 12.1. The Bertz CT molecular complexity index is 409. The van der Waals surface area contributed by atoms with E-state index in [0.29, 0.717) is 6.42 Å². The summed E-state index contributed by atoms with van der Waals surface area (Å²) in [5, 5.41) is 18.5. The van der Waals surface area contributed by atoms with Crippen LogP contribution >= 0.6 is 0 Å². The van der Waals surface area contributed by atoms with E-state index >= 15 is 0 Å². The van der Waals surface area contributed by atoms with E-state index in [1.54, 1.807) is 6.92 Å². The van der Waals surface area contributed by atoms with Crippen LogP contribution < -0.4 is 0 Å². The molecule has 86 valence electrons. The van der Waals surface area contributed by atoms with E-state index in [2.05, 4.69) is 0 Å². The van der Waals surface area contributed by atoms with Gasteiger partial charge in [0.2, 0.25) is 0 Å². The van der Waals surface area contributed by atoms with Crippen LogP contribution in [-0.4, -0.2) is 21.8 Å². The van der Waals surface area contributed by atoms with Gasteiger partial charge in [0, 0.05) is 25.3 Å². The average Bonchev–Trinajstić information content (AvgIpc) is 2.25. The van der Waals surface area contributed by atoms with Crippen LogP contribution in [0.1, 0.15) is 36.5 Å². The first kappa shape index (κ1) is 12.2. The van der Waals surface area contributed by atoms with Gasteiger partial charge in [0.25, 0.3) is 0 Å². The Hall–Kier alpha value is -1.84. The number of aromatic hydroxyl groups is 2. The van der Waals surface area contributed by atoms with E-state index in [4.69, 9.17) is 5.11 Å². The van der Waals surface area contributed by atoms with Gasteiger partial charge in [-0.25, -0.2) is 0 Å². The van der Waals surface area contributed by atoms with Crippen LogP contribution in [0.25, 0.3) is 0 Å². The third kappa shape index (κ3) is 3.08. The molecule has 0 radical (unpaired) electrons. The quantitative estimate of drug-likeness (QED) is 0.747. The number of hydrogen-bond donors (Lipinski definition) is 2. The second-order valence-corrected chi connectivity index (χ2v) is 3.52. The lowest BCUT2D eigenvalue weighted by Crippen LogP contribution is -2.04. The molecule has 0 saturated carbocycles. The third-order valence-electron chi connectivity index (χ3n) is 2.31. The zero-order valence-electron chi connectivity index (χ0n) is 9.06. The summed E-state index contributed by atoms with van der Waals surface area (Å²) in [7, 11) is 0. The summed E-state index contributed by atoms with van der Waals surface area (Å²) in [5.41, 5.74) is 0.140. The molecule has 0 bridgehead atoms. The molecule has 0 atom stereocenters. The number of phenols is 2. The molecule has 0 spiro atoms. The first-order chi connectivity index (χ1) is 7.54. The molecule has 1 rings (SSSR count). The fraction of sp³-hybridized carbons (Fsp3) is 0.333. The lowest BCUT2D eigenvalue weighted by molar-refractivity contribution is -0.118. The number of Topliss-reactive ketones (excluding diaryl/α,β-unsaturated/α-hetero) is 2. The van der Waals surface area contributed by atoms with E-state index in [-0.39, 0.29) is 41.5 Å². The number of carbonyl (C=O) groups excluding carboxylic acids is 2. The summed E-state index contributed by atoms with van der Waals surface area (Å²) >= 11 is 0. The van der Waals surface area contributed by atoms with Gasteiger partial charge in [-0.1, -0.05) is 6.92 Å².